The van der Waals surface area contributed by atoms with E-state index in [1.165, 1.54) is 44.1 Å². The Kier molecular flexibility index (Phi) is 6.08. The van der Waals surface area contributed by atoms with Crippen LogP contribution in [0.3, 0.4) is 0 Å². The minimum absolute atomic E-state index is 0.677. The second kappa shape index (κ2) is 7.82. The van der Waals surface area contributed by atoms with E-state index in [0.29, 0.717) is 5.92 Å². The summed E-state index contributed by atoms with van der Waals surface area (Å²) in [5.74, 6) is 3.31. The van der Waals surface area contributed by atoms with Crippen molar-refractivity contribution in [1.82, 2.24) is 0 Å². The van der Waals surface area contributed by atoms with Crippen molar-refractivity contribution in [3.05, 3.63) is 48.0 Å². The van der Waals surface area contributed by atoms with Crippen molar-refractivity contribution < 1.29 is 0 Å². The molecule has 0 aromatic heterocycles. The maximum absolute atomic E-state index is 3.90. The molecule has 0 saturated heterocycles. The number of rotatable bonds is 6. The van der Waals surface area contributed by atoms with Gasteiger partial charge in [0.1, 0.15) is 0 Å². The Morgan fingerprint density at radius 3 is 2.24 bits per heavy atom. The van der Waals surface area contributed by atoms with Gasteiger partial charge in [-0.2, -0.15) is 0 Å². The van der Waals surface area contributed by atoms with Gasteiger partial charge < -0.3 is 0 Å². The Hall–Kier alpha value is -1.04. The minimum atomic E-state index is 0.677. The molecule has 2 atom stereocenters. The van der Waals surface area contributed by atoms with E-state index in [1.54, 1.807) is 5.56 Å². The smallest absolute Gasteiger partial charge is 0.0162 e. The van der Waals surface area contributed by atoms with Gasteiger partial charge in [-0.3, -0.25) is 0 Å². The Balaban J connectivity index is 1.79. The first-order chi connectivity index (χ1) is 10.1. The van der Waals surface area contributed by atoms with Crippen LogP contribution in [0.25, 0.3) is 0 Å². The van der Waals surface area contributed by atoms with Crippen LogP contribution in [0.2, 0.25) is 0 Å². The fraction of sp³-hybridized carbons (Fsp3) is 0.619. The van der Waals surface area contributed by atoms with Crippen molar-refractivity contribution >= 4 is 0 Å². The lowest BCUT2D eigenvalue weighted by Gasteiger charge is -2.33. The minimum Gasteiger partial charge on any atom is -0.103 e. The van der Waals surface area contributed by atoms with Gasteiger partial charge in [0.15, 0.2) is 0 Å². The Labute approximate surface area is 131 Å². The van der Waals surface area contributed by atoms with Gasteiger partial charge in [-0.15, -0.1) is 6.58 Å². The molecule has 0 N–H and O–H groups in total. The van der Waals surface area contributed by atoms with Crippen molar-refractivity contribution in [3.63, 3.8) is 0 Å². The van der Waals surface area contributed by atoms with Crippen LogP contribution in [-0.2, 0) is 0 Å². The van der Waals surface area contributed by atoms with E-state index < -0.39 is 0 Å². The zero-order valence-corrected chi connectivity index (χ0v) is 14.1. The van der Waals surface area contributed by atoms with E-state index in [2.05, 4.69) is 57.7 Å². The second-order valence-corrected chi connectivity index (χ2v) is 7.29. The van der Waals surface area contributed by atoms with Gasteiger partial charge in [0.2, 0.25) is 0 Å². The molecule has 1 fully saturated rings. The predicted molar refractivity (Wildman–Crippen MR) is 93.6 cm³/mol. The summed E-state index contributed by atoms with van der Waals surface area (Å²) < 4.78 is 0. The number of hydrogen-bond acceptors (Lipinski definition) is 0. The molecule has 0 heteroatoms. The molecular weight excluding hydrogens is 252 g/mol. The van der Waals surface area contributed by atoms with Crippen LogP contribution in [0.15, 0.2) is 36.9 Å². The molecule has 21 heavy (non-hydrogen) atoms. The lowest BCUT2D eigenvalue weighted by atomic mass is 9.73. The molecule has 0 radical (unpaired) electrons. The van der Waals surface area contributed by atoms with Gasteiger partial charge >= 0.3 is 0 Å². The third-order valence-electron chi connectivity index (χ3n) is 5.61. The maximum atomic E-state index is 3.90. The average molecular weight is 284 g/mol. The zero-order chi connectivity index (χ0) is 15.2. The largest absolute Gasteiger partial charge is 0.103 e. The maximum Gasteiger partial charge on any atom is -0.0162 e. The molecular formula is C21H32. The summed E-state index contributed by atoms with van der Waals surface area (Å²) in [7, 11) is 0. The van der Waals surface area contributed by atoms with Crippen LogP contribution in [0, 0.1) is 24.7 Å². The SMILES string of the molecule is C=CC(C)CCC(C)C1CCC(c2ccc(C)cc2)CC1. The molecule has 1 saturated carbocycles. The average Bonchev–Trinajstić information content (AvgIpc) is 2.53. The van der Waals surface area contributed by atoms with Crippen LogP contribution >= 0.6 is 0 Å². The van der Waals surface area contributed by atoms with E-state index in [-0.39, 0.29) is 0 Å². The summed E-state index contributed by atoms with van der Waals surface area (Å²) in [6, 6.07) is 9.21. The summed E-state index contributed by atoms with van der Waals surface area (Å²) in [6.07, 6.45) is 10.4. The van der Waals surface area contributed by atoms with Crippen molar-refractivity contribution in [2.75, 3.05) is 0 Å². The molecule has 1 aliphatic carbocycles. The fourth-order valence-electron chi connectivity index (χ4n) is 3.74. The molecule has 1 aromatic carbocycles. The number of aryl methyl sites for hydroxylation is 1. The standard InChI is InChI=1S/C21H32/c1-5-16(2)6-9-18(4)19-12-14-21(15-13-19)20-10-7-17(3)8-11-20/h5,7-8,10-11,16,18-19,21H,1,6,9,12-15H2,2-4H3. The van der Waals surface area contributed by atoms with E-state index >= 15 is 0 Å². The first-order valence-corrected chi connectivity index (χ1v) is 8.79. The summed E-state index contributed by atoms with van der Waals surface area (Å²) in [6.45, 7) is 10.8. The van der Waals surface area contributed by atoms with Crippen molar-refractivity contribution in [2.45, 2.75) is 65.2 Å². The molecule has 0 spiro atoms. The topological polar surface area (TPSA) is 0 Å². The van der Waals surface area contributed by atoms with Crippen LogP contribution in [0.4, 0.5) is 0 Å². The zero-order valence-electron chi connectivity index (χ0n) is 14.1. The molecule has 1 aromatic rings. The van der Waals surface area contributed by atoms with Crippen LogP contribution in [-0.4, -0.2) is 0 Å². The van der Waals surface area contributed by atoms with Gasteiger partial charge in [-0.25, -0.2) is 0 Å². The van der Waals surface area contributed by atoms with Crippen molar-refractivity contribution in [3.8, 4) is 0 Å². The molecule has 2 unspecified atom stereocenters. The quantitative estimate of drug-likeness (QED) is 0.522. The molecule has 0 bridgehead atoms. The highest BCUT2D eigenvalue weighted by Gasteiger charge is 2.25. The summed E-state index contributed by atoms with van der Waals surface area (Å²) in [5, 5.41) is 0. The second-order valence-electron chi connectivity index (χ2n) is 7.29. The normalized spacial score (nSPS) is 25.3. The number of hydrogen-bond donors (Lipinski definition) is 0. The molecule has 2 rings (SSSR count). The van der Waals surface area contributed by atoms with Gasteiger partial charge in [-0.05, 0) is 74.7 Å². The summed E-state index contributed by atoms with van der Waals surface area (Å²) >= 11 is 0. The molecule has 0 heterocycles. The van der Waals surface area contributed by atoms with Crippen molar-refractivity contribution in [2.24, 2.45) is 17.8 Å². The van der Waals surface area contributed by atoms with E-state index in [1.807, 2.05) is 0 Å². The van der Waals surface area contributed by atoms with Gasteiger partial charge in [0.25, 0.3) is 0 Å². The lowest BCUT2D eigenvalue weighted by Crippen LogP contribution is -2.19. The monoisotopic (exact) mass is 284 g/mol. The molecule has 116 valence electrons. The highest BCUT2D eigenvalue weighted by atomic mass is 14.3. The van der Waals surface area contributed by atoms with E-state index in [4.69, 9.17) is 0 Å². The molecule has 0 aliphatic heterocycles. The Morgan fingerprint density at radius 2 is 1.67 bits per heavy atom. The van der Waals surface area contributed by atoms with Crippen LogP contribution < -0.4 is 0 Å². The third kappa shape index (κ3) is 4.73. The molecule has 1 aliphatic rings. The van der Waals surface area contributed by atoms with Gasteiger partial charge in [0, 0.05) is 0 Å². The fourth-order valence-corrected chi connectivity index (χ4v) is 3.74. The molecule has 0 amide bonds. The highest BCUT2D eigenvalue weighted by molar-refractivity contribution is 5.24. The van der Waals surface area contributed by atoms with Gasteiger partial charge in [-0.1, -0.05) is 49.8 Å². The number of allylic oxidation sites excluding steroid dienone is 1. The highest BCUT2D eigenvalue weighted by Crippen LogP contribution is 2.40. The Bertz CT molecular complexity index is 420. The Morgan fingerprint density at radius 1 is 1.05 bits per heavy atom. The predicted octanol–water partition coefficient (Wildman–Crippen LogP) is 6.51. The summed E-state index contributed by atoms with van der Waals surface area (Å²) in [5.41, 5.74) is 2.93. The van der Waals surface area contributed by atoms with E-state index in [9.17, 15) is 0 Å². The first kappa shape index (κ1) is 16.3. The van der Waals surface area contributed by atoms with Crippen molar-refractivity contribution in [1.29, 1.82) is 0 Å². The van der Waals surface area contributed by atoms with Crippen LogP contribution in [0.1, 0.15) is 69.4 Å². The van der Waals surface area contributed by atoms with Crippen LogP contribution in [0.5, 0.6) is 0 Å². The van der Waals surface area contributed by atoms with E-state index in [0.717, 1.165) is 17.8 Å². The number of benzene rings is 1. The first-order valence-electron chi connectivity index (χ1n) is 8.79. The summed E-state index contributed by atoms with van der Waals surface area (Å²) in [4.78, 5) is 0. The molecule has 0 nitrogen and oxygen atoms in total. The lowest BCUT2D eigenvalue weighted by molar-refractivity contribution is 0.229. The third-order valence-corrected chi connectivity index (χ3v) is 5.61. The van der Waals surface area contributed by atoms with Gasteiger partial charge in [0.05, 0.1) is 0 Å².